The molecule has 1 aromatic carbocycles. The van der Waals surface area contributed by atoms with Gasteiger partial charge in [-0.15, -0.1) is 12.4 Å². The van der Waals surface area contributed by atoms with Crippen LogP contribution in [0, 0.1) is 5.92 Å². The molecule has 2 heterocycles. The summed E-state index contributed by atoms with van der Waals surface area (Å²) in [5.74, 6) is 1.88. The molecule has 2 aliphatic heterocycles. The van der Waals surface area contributed by atoms with Gasteiger partial charge in [0.15, 0.2) is 0 Å². The summed E-state index contributed by atoms with van der Waals surface area (Å²) < 4.78 is 5.58. The Morgan fingerprint density at radius 3 is 2.85 bits per heavy atom. The van der Waals surface area contributed by atoms with Gasteiger partial charge in [0.05, 0.1) is 12.8 Å². The monoisotopic (exact) mass is 296 g/mol. The van der Waals surface area contributed by atoms with Crippen LogP contribution >= 0.6 is 12.4 Å². The Labute approximate surface area is 128 Å². The lowest BCUT2D eigenvalue weighted by Crippen LogP contribution is -2.38. The van der Waals surface area contributed by atoms with Crippen LogP contribution in [0.15, 0.2) is 18.2 Å². The summed E-state index contributed by atoms with van der Waals surface area (Å²) in [7, 11) is 1.78. The van der Waals surface area contributed by atoms with Crippen molar-refractivity contribution in [3.8, 4) is 5.75 Å². The number of benzene rings is 1. The number of para-hydroxylation sites is 1. The van der Waals surface area contributed by atoms with E-state index >= 15 is 0 Å². The van der Waals surface area contributed by atoms with Crippen LogP contribution < -0.4 is 15.0 Å². The molecule has 1 fully saturated rings. The van der Waals surface area contributed by atoms with Gasteiger partial charge in [0.1, 0.15) is 5.75 Å². The van der Waals surface area contributed by atoms with Crippen molar-refractivity contribution in [2.75, 3.05) is 38.2 Å². The Balaban J connectivity index is 0.00000147. The zero-order valence-electron chi connectivity index (χ0n) is 12.2. The number of nitrogens with zero attached hydrogens (tertiary/aromatic N) is 1. The molecule has 0 radical (unpaired) electrons. The molecular formula is C16H25ClN2O. The Bertz CT molecular complexity index is 418. The van der Waals surface area contributed by atoms with Crippen molar-refractivity contribution in [2.24, 2.45) is 5.92 Å². The maximum absolute atomic E-state index is 5.58. The zero-order valence-corrected chi connectivity index (χ0v) is 13.0. The molecule has 0 amide bonds. The number of fused-ring (bicyclic) bond motifs is 1. The maximum Gasteiger partial charge on any atom is 0.142 e. The number of piperidine rings is 1. The van der Waals surface area contributed by atoms with Gasteiger partial charge in [-0.05, 0) is 56.3 Å². The van der Waals surface area contributed by atoms with E-state index in [1.807, 2.05) is 0 Å². The highest BCUT2D eigenvalue weighted by atomic mass is 35.5. The highest BCUT2D eigenvalue weighted by molar-refractivity contribution is 5.85. The first-order valence-electron chi connectivity index (χ1n) is 7.50. The minimum Gasteiger partial charge on any atom is -0.495 e. The molecule has 0 atom stereocenters. The van der Waals surface area contributed by atoms with E-state index < -0.39 is 0 Å². The van der Waals surface area contributed by atoms with Gasteiger partial charge < -0.3 is 15.0 Å². The molecule has 3 rings (SSSR count). The number of halogens is 1. The normalized spacial score (nSPS) is 19.1. The molecule has 20 heavy (non-hydrogen) atoms. The number of hydrogen-bond acceptors (Lipinski definition) is 3. The lowest BCUT2D eigenvalue weighted by molar-refractivity contribution is 0.367. The van der Waals surface area contributed by atoms with Crippen molar-refractivity contribution in [3.05, 3.63) is 23.8 Å². The van der Waals surface area contributed by atoms with Crippen molar-refractivity contribution in [1.82, 2.24) is 5.32 Å². The van der Waals surface area contributed by atoms with Gasteiger partial charge in [-0.1, -0.05) is 12.1 Å². The standard InChI is InChI=1S/C16H24N2O.ClH/c1-19-15-6-2-4-14-5-3-11-18(16(14)15)12-13-7-9-17-10-8-13;/h2,4,6,13,17H,3,5,7-12H2,1H3;1H. The third-order valence-electron chi connectivity index (χ3n) is 4.43. The summed E-state index contributed by atoms with van der Waals surface area (Å²) in [6.07, 6.45) is 5.07. The fourth-order valence-corrected chi connectivity index (χ4v) is 3.42. The van der Waals surface area contributed by atoms with Crippen molar-refractivity contribution in [2.45, 2.75) is 25.7 Å². The second kappa shape index (κ2) is 7.19. The second-order valence-electron chi connectivity index (χ2n) is 5.71. The number of nitrogens with one attached hydrogen (secondary N) is 1. The number of ether oxygens (including phenoxy) is 1. The number of anilines is 1. The summed E-state index contributed by atoms with van der Waals surface area (Å²) in [6.45, 7) is 4.72. The van der Waals surface area contributed by atoms with Gasteiger partial charge >= 0.3 is 0 Å². The van der Waals surface area contributed by atoms with E-state index in [0.717, 1.165) is 11.7 Å². The second-order valence-corrected chi connectivity index (χ2v) is 5.71. The molecule has 3 nitrogen and oxygen atoms in total. The first kappa shape index (κ1) is 15.5. The molecule has 0 unspecified atom stereocenters. The number of aryl methyl sites for hydroxylation is 1. The molecule has 0 aromatic heterocycles. The summed E-state index contributed by atoms with van der Waals surface area (Å²) in [6, 6.07) is 6.47. The highest BCUT2D eigenvalue weighted by Crippen LogP contribution is 2.36. The van der Waals surface area contributed by atoms with Crippen molar-refractivity contribution in [1.29, 1.82) is 0 Å². The highest BCUT2D eigenvalue weighted by Gasteiger charge is 2.24. The van der Waals surface area contributed by atoms with Crippen molar-refractivity contribution >= 4 is 18.1 Å². The van der Waals surface area contributed by atoms with E-state index in [1.54, 1.807) is 7.11 Å². The van der Waals surface area contributed by atoms with E-state index in [0.29, 0.717) is 0 Å². The van der Waals surface area contributed by atoms with Crippen LogP contribution in [0.1, 0.15) is 24.8 Å². The fraction of sp³-hybridized carbons (Fsp3) is 0.625. The van der Waals surface area contributed by atoms with E-state index in [2.05, 4.69) is 28.4 Å². The SMILES string of the molecule is COc1cccc2c1N(CC1CCNCC1)CCC2.Cl. The fourth-order valence-electron chi connectivity index (χ4n) is 3.42. The molecule has 2 aliphatic rings. The predicted octanol–water partition coefficient (Wildman–Crippen LogP) is 2.87. The molecule has 0 saturated carbocycles. The molecule has 0 bridgehead atoms. The predicted molar refractivity (Wildman–Crippen MR) is 86.4 cm³/mol. The molecular weight excluding hydrogens is 272 g/mol. The largest absolute Gasteiger partial charge is 0.495 e. The van der Waals surface area contributed by atoms with Crippen LogP contribution in [0.3, 0.4) is 0 Å². The minimum atomic E-state index is 0. The van der Waals surface area contributed by atoms with Gasteiger partial charge in [0.2, 0.25) is 0 Å². The van der Waals surface area contributed by atoms with E-state index in [4.69, 9.17) is 4.74 Å². The smallest absolute Gasteiger partial charge is 0.142 e. The molecule has 1 saturated heterocycles. The topological polar surface area (TPSA) is 24.5 Å². The lowest BCUT2D eigenvalue weighted by Gasteiger charge is -2.36. The van der Waals surface area contributed by atoms with E-state index in [1.165, 1.54) is 63.1 Å². The van der Waals surface area contributed by atoms with Gasteiger partial charge in [-0.25, -0.2) is 0 Å². The molecule has 112 valence electrons. The van der Waals surface area contributed by atoms with Gasteiger partial charge in [0.25, 0.3) is 0 Å². The van der Waals surface area contributed by atoms with Crippen LogP contribution in [0.2, 0.25) is 0 Å². The minimum absolute atomic E-state index is 0. The summed E-state index contributed by atoms with van der Waals surface area (Å²) in [5, 5.41) is 3.45. The first-order chi connectivity index (χ1) is 9.38. The zero-order chi connectivity index (χ0) is 13.1. The average Bonchev–Trinajstić information content (AvgIpc) is 2.48. The quantitative estimate of drug-likeness (QED) is 0.928. The van der Waals surface area contributed by atoms with Crippen LogP contribution in [-0.4, -0.2) is 33.3 Å². The number of rotatable bonds is 3. The number of methoxy groups -OCH3 is 1. The van der Waals surface area contributed by atoms with Crippen LogP contribution in [0.5, 0.6) is 5.75 Å². The Kier molecular flexibility index (Phi) is 5.55. The van der Waals surface area contributed by atoms with E-state index in [-0.39, 0.29) is 12.4 Å². The lowest BCUT2D eigenvalue weighted by atomic mass is 9.94. The molecule has 4 heteroatoms. The maximum atomic E-state index is 5.58. The van der Waals surface area contributed by atoms with Gasteiger partial charge in [-0.2, -0.15) is 0 Å². The Hall–Kier alpha value is -0.930. The molecule has 1 N–H and O–H groups in total. The Morgan fingerprint density at radius 1 is 1.30 bits per heavy atom. The average molecular weight is 297 g/mol. The number of hydrogen-bond donors (Lipinski definition) is 1. The van der Waals surface area contributed by atoms with Crippen LogP contribution in [0.4, 0.5) is 5.69 Å². The summed E-state index contributed by atoms with van der Waals surface area (Å²) in [5.41, 5.74) is 2.81. The third kappa shape index (κ3) is 3.21. The summed E-state index contributed by atoms with van der Waals surface area (Å²) in [4.78, 5) is 2.56. The van der Waals surface area contributed by atoms with Crippen molar-refractivity contribution < 1.29 is 4.74 Å². The van der Waals surface area contributed by atoms with Crippen LogP contribution in [0.25, 0.3) is 0 Å². The first-order valence-corrected chi connectivity index (χ1v) is 7.50. The molecule has 0 aliphatic carbocycles. The van der Waals surface area contributed by atoms with Gasteiger partial charge in [0, 0.05) is 13.1 Å². The van der Waals surface area contributed by atoms with E-state index in [9.17, 15) is 0 Å². The third-order valence-corrected chi connectivity index (χ3v) is 4.43. The molecule has 0 spiro atoms. The van der Waals surface area contributed by atoms with Gasteiger partial charge in [-0.3, -0.25) is 0 Å². The Morgan fingerprint density at radius 2 is 2.10 bits per heavy atom. The van der Waals surface area contributed by atoms with Crippen molar-refractivity contribution in [3.63, 3.8) is 0 Å². The van der Waals surface area contributed by atoms with Crippen LogP contribution in [-0.2, 0) is 6.42 Å². The molecule has 1 aromatic rings. The summed E-state index contributed by atoms with van der Waals surface area (Å²) >= 11 is 0.